The zero-order valence-electron chi connectivity index (χ0n) is 15.4. The molecule has 2 aromatic carbocycles. The fourth-order valence-corrected chi connectivity index (χ4v) is 3.40. The molecule has 27 heavy (non-hydrogen) atoms. The summed E-state index contributed by atoms with van der Waals surface area (Å²) in [5.74, 6) is -0.192. The summed E-state index contributed by atoms with van der Waals surface area (Å²) in [5, 5.41) is 11.8. The average molecular weight is 366 g/mol. The Morgan fingerprint density at radius 3 is 2.93 bits per heavy atom. The number of nitrogens with one attached hydrogen (secondary N) is 1. The van der Waals surface area contributed by atoms with Crippen LogP contribution < -0.4 is 5.32 Å². The Hall–Kier alpha value is -2.91. The van der Waals surface area contributed by atoms with Crippen molar-refractivity contribution in [1.82, 2.24) is 9.80 Å². The summed E-state index contributed by atoms with van der Waals surface area (Å²) in [7, 11) is 1.78. The lowest BCUT2D eigenvalue weighted by Crippen LogP contribution is -2.49. The van der Waals surface area contributed by atoms with Gasteiger partial charge in [-0.2, -0.15) is 5.26 Å². The van der Waals surface area contributed by atoms with Crippen LogP contribution in [0.15, 0.2) is 48.5 Å². The Bertz CT molecular complexity index is 848. The monoisotopic (exact) mass is 366 g/mol. The van der Waals surface area contributed by atoms with Crippen LogP contribution in [0.4, 0.5) is 14.9 Å². The number of halogens is 1. The Kier molecular flexibility index (Phi) is 6.05. The molecule has 0 spiro atoms. The van der Waals surface area contributed by atoms with Crippen LogP contribution in [0, 0.1) is 17.1 Å². The van der Waals surface area contributed by atoms with Crippen LogP contribution in [-0.2, 0) is 6.54 Å². The van der Waals surface area contributed by atoms with Gasteiger partial charge in [-0.1, -0.05) is 24.3 Å². The van der Waals surface area contributed by atoms with Crippen LogP contribution in [0.1, 0.15) is 24.0 Å². The maximum absolute atomic E-state index is 13.9. The standard InChI is InChI=1S/C21H23FN4O/c1-25(21(27)24-18-8-4-6-16(12-18)13-23)19-9-5-11-26(15-19)14-17-7-2-3-10-20(17)22/h2-4,6-8,10,12,19H,5,9,11,14-15H2,1H3,(H,24,27)/t19-/m0/s1. The molecule has 140 valence electrons. The number of urea groups is 1. The highest BCUT2D eigenvalue weighted by Crippen LogP contribution is 2.19. The number of piperidine rings is 1. The number of nitrogens with zero attached hydrogens (tertiary/aromatic N) is 3. The summed E-state index contributed by atoms with van der Waals surface area (Å²) < 4.78 is 13.9. The zero-order chi connectivity index (χ0) is 19.2. The number of anilines is 1. The van der Waals surface area contributed by atoms with Gasteiger partial charge in [-0.25, -0.2) is 9.18 Å². The SMILES string of the molecule is CN(C(=O)Nc1cccc(C#N)c1)[C@H]1CCCN(Cc2ccccc2F)C1. The Morgan fingerprint density at radius 1 is 1.33 bits per heavy atom. The molecule has 2 amide bonds. The van der Waals surface area contributed by atoms with Gasteiger partial charge in [0.1, 0.15) is 5.82 Å². The van der Waals surface area contributed by atoms with Gasteiger partial charge in [-0.15, -0.1) is 0 Å². The summed E-state index contributed by atoms with van der Waals surface area (Å²) in [6.07, 6.45) is 1.87. The third-order valence-corrected chi connectivity index (χ3v) is 4.94. The first-order chi connectivity index (χ1) is 13.1. The second-order valence-electron chi connectivity index (χ2n) is 6.86. The van der Waals surface area contributed by atoms with Crippen molar-refractivity contribution in [3.8, 4) is 6.07 Å². The van der Waals surface area contributed by atoms with E-state index in [2.05, 4.69) is 16.3 Å². The van der Waals surface area contributed by atoms with Crippen molar-refractivity contribution < 1.29 is 9.18 Å². The number of likely N-dealkylation sites (N-methyl/N-ethyl adjacent to an activating group) is 1. The molecule has 0 radical (unpaired) electrons. The highest BCUT2D eigenvalue weighted by atomic mass is 19.1. The first kappa shape index (κ1) is 18.9. The molecular weight excluding hydrogens is 343 g/mol. The second-order valence-corrected chi connectivity index (χ2v) is 6.86. The van der Waals surface area contributed by atoms with Crippen molar-refractivity contribution in [2.45, 2.75) is 25.4 Å². The first-order valence-corrected chi connectivity index (χ1v) is 9.06. The average Bonchev–Trinajstić information content (AvgIpc) is 2.69. The molecule has 0 bridgehead atoms. The van der Waals surface area contributed by atoms with Gasteiger partial charge in [0.25, 0.3) is 0 Å². The molecule has 1 N–H and O–H groups in total. The van der Waals surface area contributed by atoms with Gasteiger partial charge >= 0.3 is 6.03 Å². The number of amides is 2. The lowest BCUT2D eigenvalue weighted by molar-refractivity contribution is 0.126. The van der Waals surface area contributed by atoms with Gasteiger partial charge in [0.05, 0.1) is 11.6 Å². The van der Waals surface area contributed by atoms with Crippen LogP contribution in [0.25, 0.3) is 0 Å². The molecule has 0 saturated carbocycles. The van der Waals surface area contributed by atoms with E-state index >= 15 is 0 Å². The summed E-state index contributed by atoms with van der Waals surface area (Å²) in [6.45, 7) is 2.14. The summed E-state index contributed by atoms with van der Waals surface area (Å²) in [4.78, 5) is 16.5. The number of hydrogen-bond acceptors (Lipinski definition) is 3. The number of carbonyl (C=O) groups is 1. The number of hydrogen-bond donors (Lipinski definition) is 1. The summed E-state index contributed by atoms with van der Waals surface area (Å²) >= 11 is 0. The van der Waals surface area contributed by atoms with E-state index in [9.17, 15) is 9.18 Å². The highest BCUT2D eigenvalue weighted by Gasteiger charge is 2.26. The quantitative estimate of drug-likeness (QED) is 0.895. The number of likely N-dealkylation sites (tertiary alicyclic amines) is 1. The minimum atomic E-state index is -0.206. The molecule has 5 nitrogen and oxygen atoms in total. The van der Waals surface area contributed by atoms with E-state index in [4.69, 9.17) is 5.26 Å². The number of carbonyl (C=O) groups excluding carboxylic acids is 1. The molecule has 1 atom stereocenters. The fraction of sp³-hybridized carbons (Fsp3) is 0.333. The molecule has 1 saturated heterocycles. The number of nitriles is 1. The largest absolute Gasteiger partial charge is 0.323 e. The van der Waals surface area contributed by atoms with Gasteiger partial charge in [0.15, 0.2) is 0 Å². The third-order valence-electron chi connectivity index (χ3n) is 4.94. The van der Waals surface area contributed by atoms with Crippen LogP contribution >= 0.6 is 0 Å². The number of rotatable bonds is 4. The molecule has 1 aliphatic heterocycles. The van der Waals surface area contributed by atoms with E-state index in [1.165, 1.54) is 6.07 Å². The molecule has 1 fully saturated rings. The van der Waals surface area contributed by atoms with E-state index in [0.717, 1.165) is 19.4 Å². The number of benzene rings is 2. The normalized spacial score (nSPS) is 17.1. The minimum absolute atomic E-state index is 0.0599. The molecule has 1 heterocycles. The Labute approximate surface area is 159 Å². The Morgan fingerprint density at radius 2 is 2.15 bits per heavy atom. The fourth-order valence-electron chi connectivity index (χ4n) is 3.40. The minimum Gasteiger partial charge on any atom is -0.323 e. The van der Waals surface area contributed by atoms with Crippen molar-refractivity contribution >= 4 is 11.7 Å². The van der Waals surface area contributed by atoms with Crippen LogP contribution in [0.2, 0.25) is 0 Å². The maximum Gasteiger partial charge on any atom is 0.321 e. The van der Waals surface area contributed by atoms with Gasteiger partial charge < -0.3 is 10.2 Å². The van der Waals surface area contributed by atoms with Gasteiger partial charge in [-0.3, -0.25) is 4.90 Å². The van der Waals surface area contributed by atoms with Crippen molar-refractivity contribution in [3.05, 3.63) is 65.5 Å². The molecule has 6 heteroatoms. The van der Waals surface area contributed by atoms with Crippen LogP contribution in [0.3, 0.4) is 0 Å². The van der Waals surface area contributed by atoms with E-state index in [1.54, 1.807) is 48.3 Å². The molecule has 3 rings (SSSR count). The molecular formula is C21H23FN4O. The third kappa shape index (κ3) is 4.83. The van der Waals surface area contributed by atoms with Gasteiger partial charge in [0, 0.05) is 37.4 Å². The first-order valence-electron chi connectivity index (χ1n) is 9.06. The lowest BCUT2D eigenvalue weighted by Gasteiger charge is -2.37. The van der Waals surface area contributed by atoms with E-state index in [-0.39, 0.29) is 17.9 Å². The predicted molar refractivity (Wildman–Crippen MR) is 103 cm³/mol. The van der Waals surface area contributed by atoms with Crippen LogP contribution in [-0.4, -0.2) is 42.0 Å². The topological polar surface area (TPSA) is 59.4 Å². The summed E-state index contributed by atoms with van der Waals surface area (Å²) in [5.41, 5.74) is 1.78. The predicted octanol–water partition coefficient (Wildman–Crippen LogP) is 3.83. The van der Waals surface area contributed by atoms with Crippen molar-refractivity contribution in [2.75, 3.05) is 25.5 Å². The van der Waals surface area contributed by atoms with Crippen molar-refractivity contribution in [2.24, 2.45) is 0 Å². The van der Waals surface area contributed by atoms with Crippen LogP contribution in [0.5, 0.6) is 0 Å². The van der Waals surface area contributed by atoms with Gasteiger partial charge in [0.2, 0.25) is 0 Å². The molecule has 1 aliphatic rings. The molecule has 0 aromatic heterocycles. The summed E-state index contributed by atoms with van der Waals surface area (Å²) in [6, 6.07) is 15.6. The lowest BCUT2D eigenvalue weighted by atomic mass is 10.0. The van der Waals surface area contributed by atoms with Crippen molar-refractivity contribution in [1.29, 1.82) is 5.26 Å². The zero-order valence-corrected chi connectivity index (χ0v) is 15.4. The second kappa shape index (κ2) is 8.65. The highest BCUT2D eigenvalue weighted by molar-refractivity contribution is 5.89. The molecule has 0 unspecified atom stereocenters. The molecule has 0 aliphatic carbocycles. The smallest absolute Gasteiger partial charge is 0.321 e. The van der Waals surface area contributed by atoms with Gasteiger partial charge in [-0.05, 0) is 43.7 Å². The maximum atomic E-state index is 13.9. The van der Waals surface area contributed by atoms with E-state index in [1.807, 2.05) is 6.07 Å². The van der Waals surface area contributed by atoms with E-state index in [0.29, 0.717) is 29.9 Å². The van der Waals surface area contributed by atoms with Crippen molar-refractivity contribution in [3.63, 3.8) is 0 Å². The Balaban J connectivity index is 1.60. The van der Waals surface area contributed by atoms with E-state index < -0.39 is 0 Å². The molecule has 2 aromatic rings.